The Balaban J connectivity index is 1.40. The number of carbonyl (C=O) groups is 1. The van der Waals surface area contributed by atoms with Crippen LogP contribution in [-0.4, -0.2) is 38.5 Å². The number of hydrogen-bond donors (Lipinski definition) is 1. The number of carbonyl (C=O) groups excluding carboxylic acids is 1. The fourth-order valence-corrected chi connectivity index (χ4v) is 4.63. The molecule has 0 saturated carbocycles. The molecule has 1 fully saturated rings. The van der Waals surface area contributed by atoms with Crippen molar-refractivity contribution in [1.29, 1.82) is 0 Å². The minimum atomic E-state index is -1.42. The van der Waals surface area contributed by atoms with Crippen LogP contribution < -0.4 is 5.32 Å². The molecule has 33 heavy (non-hydrogen) atoms. The van der Waals surface area contributed by atoms with E-state index in [1.54, 1.807) is 21.8 Å². The quantitative estimate of drug-likeness (QED) is 0.403. The van der Waals surface area contributed by atoms with Gasteiger partial charge < -0.3 is 10.2 Å². The van der Waals surface area contributed by atoms with Crippen LogP contribution in [0.3, 0.4) is 0 Å². The van der Waals surface area contributed by atoms with Crippen molar-refractivity contribution in [3.8, 4) is 0 Å². The molecule has 0 unspecified atom stereocenters. The lowest BCUT2D eigenvalue weighted by molar-refractivity contribution is 0.0421. The Kier molecular flexibility index (Phi) is 5.85. The largest absolute Gasteiger partial charge is 0.365 e. The van der Waals surface area contributed by atoms with Crippen molar-refractivity contribution in [1.82, 2.24) is 19.5 Å². The van der Waals surface area contributed by atoms with Crippen LogP contribution in [0.5, 0.6) is 0 Å². The number of rotatable bonds is 5. The van der Waals surface area contributed by atoms with Gasteiger partial charge in [-0.1, -0.05) is 60.7 Å². The number of nitrogens with one attached hydrogen (secondary N) is 1. The summed E-state index contributed by atoms with van der Waals surface area (Å²) in [5.41, 5.74) is 1.37. The molecule has 3 heterocycles. The van der Waals surface area contributed by atoms with E-state index in [0.29, 0.717) is 42.2 Å². The Morgan fingerprint density at radius 3 is 2.39 bits per heavy atom. The van der Waals surface area contributed by atoms with Gasteiger partial charge >= 0.3 is 0 Å². The predicted molar refractivity (Wildman–Crippen MR) is 129 cm³/mol. The summed E-state index contributed by atoms with van der Waals surface area (Å²) in [7, 11) is 0. The first-order valence-corrected chi connectivity index (χ1v) is 11.7. The summed E-state index contributed by atoms with van der Waals surface area (Å²) in [5.74, 6) is 0.390. The number of nitrogens with zero attached hydrogens (tertiary/aromatic N) is 4. The topological polar surface area (TPSA) is 62.5 Å². The van der Waals surface area contributed by atoms with Gasteiger partial charge in [-0.25, -0.2) is 9.37 Å². The molecule has 1 saturated heterocycles. The molecule has 4 aromatic rings. The zero-order chi connectivity index (χ0) is 22.8. The molecule has 6 nitrogen and oxygen atoms in total. The van der Waals surface area contributed by atoms with Crippen LogP contribution in [0.1, 0.15) is 34.3 Å². The molecule has 168 valence electrons. The van der Waals surface area contributed by atoms with Gasteiger partial charge in [0, 0.05) is 38.7 Å². The summed E-state index contributed by atoms with van der Waals surface area (Å²) in [6, 6.07) is 19.1. The van der Waals surface area contributed by atoms with Gasteiger partial charge in [0.2, 0.25) is 0 Å². The molecule has 1 aliphatic heterocycles. The first-order chi connectivity index (χ1) is 16.0. The van der Waals surface area contributed by atoms with Gasteiger partial charge in [-0.3, -0.25) is 4.79 Å². The van der Waals surface area contributed by atoms with Gasteiger partial charge in [0.1, 0.15) is 17.1 Å². The van der Waals surface area contributed by atoms with Crippen molar-refractivity contribution in [2.45, 2.75) is 25.1 Å². The first-order valence-electron chi connectivity index (χ1n) is 10.9. The van der Waals surface area contributed by atoms with Crippen LogP contribution >= 0.6 is 15.9 Å². The third-order valence-electron chi connectivity index (χ3n) is 6.15. The highest BCUT2D eigenvalue weighted by molar-refractivity contribution is 9.10. The number of alkyl halides is 1. The highest BCUT2D eigenvalue weighted by atomic mass is 79.9. The Hall–Kier alpha value is -3.26. The molecule has 0 bridgehead atoms. The van der Waals surface area contributed by atoms with Crippen LogP contribution in [0.2, 0.25) is 0 Å². The van der Waals surface area contributed by atoms with E-state index in [2.05, 4.69) is 31.3 Å². The van der Waals surface area contributed by atoms with E-state index in [4.69, 9.17) is 0 Å². The Morgan fingerprint density at radius 2 is 1.70 bits per heavy atom. The third kappa shape index (κ3) is 4.23. The molecule has 1 N–H and O–H groups in total. The number of hydrogen-bond acceptors (Lipinski definition) is 4. The lowest BCUT2D eigenvalue weighted by Crippen LogP contribution is -2.43. The Bertz CT molecular complexity index is 1270. The highest BCUT2D eigenvalue weighted by Crippen LogP contribution is 2.37. The molecule has 5 rings (SSSR count). The van der Waals surface area contributed by atoms with Crippen LogP contribution in [0, 0.1) is 0 Å². The molecular weight excluding hydrogens is 485 g/mol. The first kappa shape index (κ1) is 21.6. The molecule has 2 aromatic carbocycles. The number of piperidine rings is 1. The molecule has 0 spiro atoms. The van der Waals surface area contributed by atoms with Crippen LogP contribution in [-0.2, 0) is 12.2 Å². The van der Waals surface area contributed by atoms with E-state index < -0.39 is 5.67 Å². The summed E-state index contributed by atoms with van der Waals surface area (Å²) >= 11 is 3.46. The third-order valence-corrected chi connectivity index (χ3v) is 6.71. The number of halogens is 2. The number of benzene rings is 2. The summed E-state index contributed by atoms with van der Waals surface area (Å²) in [5, 5.41) is 7.76. The second-order valence-corrected chi connectivity index (χ2v) is 9.07. The maximum Gasteiger partial charge on any atom is 0.259 e. The Labute approximate surface area is 199 Å². The van der Waals surface area contributed by atoms with Gasteiger partial charge in [0.15, 0.2) is 5.65 Å². The average Bonchev–Trinajstić information content (AvgIpc) is 3.24. The number of aromatic nitrogens is 3. The molecule has 0 radical (unpaired) electrons. The fraction of sp³-hybridized carbons (Fsp3) is 0.240. The minimum absolute atomic E-state index is 0.179. The molecule has 1 aliphatic rings. The van der Waals surface area contributed by atoms with Crippen molar-refractivity contribution in [3.63, 3.8) is 0 Å². The minimum Gasteiger partial charge on any atom is -0.365 e. The van der Waals surface area contributed by atoms with Gasteiger partial charge in [-0.15, -0.1) is 0 Å². The average molecular weight is 508 g/mol. The smallest absolute Gasteiger partial charge is 0.259 e. The van der Waals surface area contributed by atoms with Gasteiger partial charge in [-0.2, -0.15) is 9.61 Å². The van der Waals surface area contributed by atoms with E-state index >= 15 is 4.39 Å². The lowest BCUT2D eigenvalue weighted by Gasteiger charge is -2.37. The van der Waals surface area contributed by atoms with Crippen LogP contribution in [0.25, 0.3) is 5.65 Å². The molecule has 0 aliphatic carbocycles. The SMILES string of the molecule is O=C(c1cnc2c(Br)cnn2c1NCc1ccccc1)N1CCC(F)(c2ccccc2)CC1. The van der Waals surface area contributed by atoms with Gasteiger partial charge in [0.05, 0.1) is 10.7 Å². The van der Waals surface area contributed by atoms with Crippen LogP contribution in [0.4, 0.5) is 10.2 Å². The zero-order valence-corrected chi connectivity index (χ0v) is 19.5. The van der Waals surface area contributed by atoms with Crippen molar-refractivity contribution in [3.05, 3.63) is 94.2 Å². The number of amides is 1. The number of anilines is 1. The lowest BCUT2D eigenvalue weighted by atomic mass is 9.86. The fourth-order valence-electron chi connectivity index (χ4n) is 4.27. The van der Waals surface area contributed by atoms with Gasteiger partial charge in [-0.05, 0) is 27.1 Å². The molecule has 0 atom stereocenters. The van der Waals surface area contributed by atoms with Crippen molar-refractivity contribution in [2.24, 2.45) is 0 Å². The van der Waals surface area contributed by atoms with E-state index in [1.165, 1.54) is 0 Å². The molecule has 8 heteroatoms. The molecular formula is C25H23BrFN5O. The second kappa shape index (κ2) is 8.94. The van der Waals surface area contributed by atoms with E-state index in [-0.39, 0.29) is 18.7 Å². The standard InChI is InChI=1S/C25H23BrFN5O/c26-21-17-30-32-22(28-15-18-7-3-1-4-8-18)20(16-29-23(21)32)24(33)31-13-11-25(27,12-14-31)19-9-5-2-6-10-19/h1-10,16-17,28H,11-15H2. The molecule has 2 aromatic heterocycles. The normalized spacial score (nSPS) is 15.5. The van der Waals surface area contributed by atoms with Gasteiger partial charge in [0.25, 0.3) is 5.91 Å². The predicted octanol–water partition coefficient (Wildman–Crippen LogP) is 5.20. The monoisotopic (exact) mass is 507 g/mol. The second-order valence-electron chi connectivity index (χ2n) is 8.21. The van der Waals surface area contributed by atoms with E-state index in [0.717, 1.165) is 10.0 Å². The number of likely N-dealkylation sites (tertiary alicyclic amines) is 1. The summed E-state index contributed by atoms with van der Waals surface area (Å²) in [6.07, 6.45) is 3.76. The van der Waals surface area contributed by atoms with E-state index in [1.807, 2.05) is 60.7 Å². The summed E-state index contributed by atoms with van der Waals surface area (Å²) < 4.78 is 17.9. The van der Waals surface area contributed by atoms with Crippen molar-refractivity contribution in [2.75, 3.05) is 18.4 Å². The zero-order valence-electron chi connectivity index (χ0n) is 17.9. The maximum absolute atomic E-state index is 15.6. The molecule has 1 amide bonds. The Morgan fingerprint density at radius 1 is 1.03 bits per heavy atom. The van der Waals surface area contributed by atoms with Crippen molar-refractivity contribution < 1.29 is 9.18 Å². The summed E-state index contributed by atoms with van der Waals surface area (Å²) in [4.78, 5) is 19.6. The van der Waals surface area contributed by atoms with Crippen molar-refractivity contribution >= 4 is 33.3 Å². The summed E-state index contributed by atoms with van der Waals surface area (Å²) in [6.45, 7) is 1.20. The maximum atomic E-state index is 15.6. The van der Waals surface area contributed by atoms with Crippen LogP contribution in [0.15, 0.2) is 77.5 Å². The van der Waals surface area contributed by atoms with E-state index in [9.17, 15) is 4.79 Å². The number of fused-ring (bicyclic) bond motifs is 1. The highest BCUT2D eigenvalue weighted by Gasteiger charge is 2.38.